The molecule has 2 aromatic heterocycles. The second-order valence-corrected chi connectivity index (χ2v) is 4.19. The van der Waals surface area contributed by atoms with Crippen LogP contribution in [0.15, 0.2) is 42.9 Å². The van der Waals surface area contributed by atoms with Gasteiger partial charge < -0.3 is 5.32 Å². The maximum absolute atomic E-state index is 4.50. The maximum Gasteiger partial charge on any atom is 0.160 e. The highest BCUT2D eigenvalue weighted by atomic mass is 14.9. The third-order valence-electron chi connectivity index (χ3n) is 2.98. The summed E-state index contributed by atoms with van der Waals surface area (Å²) in [6.45, 7) is 1.96. The van der Waals surface area contributed by atoms with Crippen molar-refractivity contribution in [3.63, 3.8) is 0 Å². The molecule has 1 aliphatic heterocycles. The molecule has 2 aromatic rings. The van der Waals surface area contributed by atoms with Gasteiger partial charge in [0.15, 0.2) is 5.82 Å². The molecule has 0 amide bonds. The minimum absolute atomic E-state index is 0.718. The normalized spacial score (nSPS) is 15.2. The summed E-state index contributed by atoms with van der Waals surface area (Å²) in [5.74, 6) is 0.718. The Bertz CT molecular complexity index is 546. The van der Waals surface area contributed by atoms with E-state index in [9.17, 15) is 0 Å². The van der Waals surface area contributed by atoms with Crippen molar-refractivity contribution in [2.24, 2.45) is 0 Å². The van der Waals surface area contributed by atoms with Crippen LogP contribution in [0.3, 0.4) is 0 Å². The molecule has 0 aliphatic carbocycles. The monoisotopic (exact) mass is 238 g/mol. The molecule has 3 rings (SSSR count). The number of pyridine rings is 1. The van der Waals surface area contributed by atoms with Crippen LogP contribution in [0, 0.1) is 0 Å². The van der Waals surface area contributed by atoms with Crippen molar-refractivity contribution in [1.29, 1.82) is 0 Å². The molecule has 1 N–H and O–H groups in total. The Morgan fingerprint density at radius 3 is 2.61 bits per heavy atom. The fourth-order valence-electron chi connectivity index (χ4n) is 2.02. The summed E-state index contributed by atoms with van der Waals surface area (Å²) in [4.78, 5) is 12.9. The van der Waals surface area contributed by atoms with Gasteiger partial charge in [-0.25, -0.2) is 9.97 Å². The lowest BCUT2D eigenvalue weighted by molar-refractivity contribution is 0.737. The van der Waals surface area contributed by atoms with Gasteiger partial charge in [-0.2, -0.15) is 0 Å². The van der Waals surface area contributed by atoms with Crippen LogP contribution in [-0.4, -0.2) is 28.0 Å². The number of hydrogen-bond acceptors (Lipinski definition) is 4. The Morgan fingerprint density at radius 1 is 1.06 bits per heavy atom. The molecule has 90 valence electrons. The first-order chi connectivity index (χ1) is 8.93. The fourth-order valence-corrected chi connectivity index (χ4v) is 2.02. The van der Waals surface area contributed by atoms with Crippen LogP contribution in [0.25, 0.3) is 17.0 Å². The van der Waals surface area contributed by atoms with Crippen molar-refractivity contribution in [1.82, 2.24) is 20.3 Å². The molecule has 0 saturated carbocycles. The predicted molar refractivity (Wildman–Crippen MR) is 70.7 cm³/mol. The van der Waals surface area contributed by atoms with E-state index in [4.69, 9.17) is 0 Å². The van der Waals surface area contributed by atoms with Crippen molar-refractivity contribution >= 4 is 5.57 Å². The largest absolute Gasteiger partial charge is 0.313 e. The summed E-state index contributed by atoms with van der Waals surface area (Å²) in [5.41, 5.74) is 3.32. The zero-order valence-corrected chi connectivity index (χ0v) is 10.0. The van der Waals surface area contributed by atoms with Crippen molar-refractivity contribution < 1.29 is 0 Å². The number of nitrogens with zero attached hydrogens (tertiary/aromatic N) is 3. The van der Waals surface area contributed by atoms with Crippen LogP contribution in [-0.2, 0) is 0 Å². The molecule has 3 heterocycles. The third kappa shape index (κ3) is 2.28. The van der Waals surface area contributed by atoms with Gasteiger partial charge in [0.05, 0.1) is 5.69 Å². The van der Waals surface area contributed by atoms with Gasteiger partial charge in [-0.3, -0.25) is 4.98 Å². The highest BCUT2D eigenvalue weighted by Crippen LogP contribution is 2.20. The average molecular weight is 238 g/mol. The maximum atomic E-state index is 4.50. The van der Waals surface area contributed by atoms with Crippen molar-refractivity contribution in [3.8, 4) is 11.4 Å². The van der Waals surface area contributed by atoms with Crippen LogP contribution in [0.4, 0.5) is 0 Å². The second-order valence-electron chi connectivity index (χ2n) is 4.19. The Labute approximate surface area is 106 Å². The zero-order chi connectivity index (χ0) is 12.2. The molecule has 18 heavy (non-hydrogen) atoms. The smallest absolute Gasteiger partial charge is 0.160 e. The summed E-state index contributed by atoms with van der Waals surface area (Å²) < 4.78 is 0. The first-order valence-corrected chi connectivity index (χ1v) is 6.07. The lowest BCUT2D eigenvalue weighted by Crippen LogP contribution is -2.20. The van der Waals surface area contributed by atoms with Crippen molar-refractivity contribution in [3.05, 3.63) is 48.6 Å². The summed E-state index contributed by atoms with van der Waals surface area (Å²) in [6, 6.07) is 5.88. The Morgan fingerprint density at radius 2 is 1.94 bits per heavy atom. The van der Waals surface area contributed by atoms with Crippen LogP contribution in [0.1, 0.15) is 12.1 Å². The zero-order valence-electron chi connectivity index (χ0n) is 10.0. The SMILES string of the molecule is C1=C(c2ccc(-c3ncccn3)cn2)CCNC1. The Hall–Kier alpha value is -2.07. The third-order valence-corrected chi connectivity index (χ3v) is 2.98. The van der Waals surface area contributed by atoms with Gasteiger partial charge in [0.2, 0.25) is 0 Å². The second kappa shape index (κ2) is 5.06. The lowest BCUT2D eigenvalue weighted by Gasteiger charge is -2.13. The van der Waals surface area contributed by atoms with Crippen molar-refractivity contribution in [2.45, 2.75) is 6.42 Å². The van der Waals surface area contributed by atoms with E-state index in [0.29, 0.717) is 0 Å². The first kappa shape index (κ1) is 11.0. The van der Waals surface area contributed by atoms with Crippen LogP contribution in [0.5, 0.6) is 0 Å². The van der Waals surface area contributed by atoms with Gasteiger partial charge in [0, 0.05) is 30.7 Å². The Kier molecular flexibility index (Phi) is 3.10. The molecule has 0 atom stereocenters. The van der Waals surface area contributed by atoms with Gasteiger partial charge in [-0.15, -0.1) is 0 Å². The quantitative estimate of drug-likeness (QED) is 0.868. The molecule has 0 spiro atoms. The molecule has 4 heteroatoms. The molecule has 0 unspecified atom stereocenters. The summed E-state index contributed by atoms with van der Waals surface area (Å²) >= 11 is 0. The van der Waals surface area contributed by atoms with Crippen LogP contribution >= 0.6 is 0 Å². The number of aromatic nitrogens is 3. The fraction of sp³-hybridized carbons (Fsp3) is 0.214. The van der Waals surface area contributed by atoms with E-state index in [-0.39, 0.29) is 0 Å². The molecular weight excluding hydrogens is 224 g/mol. The minimum Gasteiger partial charge on any atom is -0.313 e. The van der Waals surface area contributed by atoms with Gasteiger partial charge in [0.25, 0.3) is 0 Å². The van der Waals surface area contributed by atoms with Gasteiger partial charge in [-0.05, 0) is 36.7 Å². The van der Waals surface area contributed by atoms with Crippen LogP contribution < -0.4 is 5.32 Å². The molecule has 1 aliphatic rings. The Balaban J connectivity index is 1.87. The summed E-state index contributed by atoms with van der Waals surface area (Å²) in [6.07, 6.45) is 8.56. The number of hydrogen-bond donors (Lipinski definition) is 1. The van der Waals surface area contributed by atoms with Crippen molar-refractivity contribution in [2.75, 3.05) is 13.1 Å². The van der Waals surface area contributed by atoms with E-state index in [2.05, 4.69) is 26.3 Å². The highest BCUT2D eigenvalue weighted by molar-refractivity contribution is 5.65. The van der Waals surface area contributed by atoms with E-state index in [1.54, 1.807) is 12.4 Å². The van der Waals surface area contributed by atoms with Gasteiger partial charge in [-0.1, -0.05) is 6.08 Å². The first-order valence-electron chi connectivity index (χ1n) is 6.07. The molecule has 0 saturated heterocycles. The summed E-state index contributed by atoms with van der Waals surface area (Å²) in [5, 5.41) is 3.30. The van der Waals surface area contributed by atoms with E-state index >= 15 is 0 Å². The average Bonchev–Trinajstić information content (AvgIpc) is 2.49. The minimum atomic E-state index is 0.718. The molecule has 0 radical (unpaired) electrons. The van der Waals surface area contributed by atoms with Gasteiger partial charge >= 0.3 is 0 Å². The van der Waals surface area contributed by atoms with E-state index in [1.807, 2.05) is 24.4 Å². The number of rotatable bonds is 2. The lowest BCUT2D eigenvalue weighted by atomic mass is 10.0. The molecular formula is C14H14N4. The molecule has 4 nitrogen and oxygen atoms in total. The number of nitrogens with one attached hydrogen (secondary N) is 1. The standard InChI is InChI=1S/C14H14N4/c1-6-16-14(17-7-1)12-2-3-13(18-10-12)11-4-8-15-9-5-11/h1-4,6-7,10,15H,5,8-9H2. The highest BCUT2D eigenvalue weighted by Gasteiger charge is 2.07. The van der Waals surface area contributed by atoms with E-state index in [1.165, 1.54) is 5.57 Å². The topological polar surface area (TPSA) is 50.7 Å². The van der Waals surface area contributed by atoms with E-state index in [0.717, 1.165) is 36.6 Å². The van der Waals surface area contributed by atoms with Crippen LogP contribution in [0.2, 0.25) is 0 Å². The summed E-state index contributed by atoms with van der Waals surface area (Å²) in [7, 11) is 0. The molecule has 0 aromatic carbocycles. The predicted octanol–water partition coefficient (Wildman–Crippen LogP) is 1.92. The molecule has 0 bridgehead atoms. The van der Waals surface area contributed by atoms with Gasteiger partial charge in [0.1, 0.15) is 0 Å². The molecule has 0 fully saturated rings. The van der Waals surface area contributed by atoms with E-state index < -0.39 is 0 Å².